The molecule has 1 rings (SSSR count). The second-order valence-electron chi connectivity index (χ2n) is 4.38. The van der Waals surface area contributed by atoms with Crippen molar-refractivity contribution in [1.29, 1.82) is 0 Å². The summed E-state index contributed by atoms with van der Waals surface area (Å²) in [7, 11) is 2.85. The first kappa shape index (κ1) is 17.0. The van der Waals surface area contributed by atoms with Crippen molar-refractivity contribution in [3.05, 3.63) is 0 Å². The highest BCUT2D eigenvalue weighted by Crippen LogP contribution is 2.14. The fourth-order valence-electron chi connectivity index (χ4n) is 1.87. The maximum Gasteiger partial charge on any atom is 0.307 e. The van der Waals surface area contributed by atoms with Gasteiger partial charge in [0, 0.05) is 20.6 Å². The Bertz CT molecular complexity index is 458. The number of hydrogen-bond donors (Lipinski definition) is 0. The van der Waals surface area contributed by atoms with E-state index in [9.17, 15) is 19.2 Å². The van der Waals surface area contributed by atoms with Crippen LogP contribution in [-0.4, -0.2) is 77.3 Å². The van der Waals surface area contributed by atoms with E-state index in [2.05, 4.69) is 0 Å². The van der Waals surface area contributed by atoms with Gasteiger partial charge >= 0.3 is 5.97 Å². The third kappa shape index (κ3) is 3.54. The predicted molar refractivity (Wildman–Crippen MR) is 75.9 cm³/mol. The summed E-state index contributed by atoms with van der Waals surface area (Å²) in [5, 5.41) is 0.0671. The lowest BCUT2D eigenvalue weighted by atomic mass is 10.1. The Morgan fingerprint density at radius 3 is 2.29 bits per heavy atom. The molecule has 0 N–H and O–H groups in total. The van der Waals surface area contributed by atoms with Gasteiger partial charge in [0.25, 0.3) is 11.8 Å². The Morgan fingerprint density at radius 1 is 1.33 bits per heavy atom. The van der Waals surface area contributed by atoms with E-state index in [-0.39, 0.29) is 24.7 Å². The highest BCUT2D eigenvalue weighted by atomic mass is 32.1. The molecule has 1 heterocycles. The Hall–Kier alpha value is -2.03. The van der Waals surface area contributed by atoms with Crippen LogP contribution in [0.25, 0.3) is 0 Å². The quantitative estimate of drug-likeness (QED) is 0.270. The number of carbonyl (C=O) groups is 4. The van der Waals surface area contributed by atoms with E-state index in [0.29, 0.717) is 6.41 Å². The second-order valence-corrected chi connectivity index (χ2v) is 4.74. The summed E-state index contributed by atoms with van der Waals surface area (Å²) in [5.74, 6) is -1.70. The molecule has 116 valence electrons. The summed E-state index contributed by atoms with van der Waals surface area (Å²) in [6.45, 7) is 1.80. The van der Waals surface area contributed by atoms with Crippen molar-refractivity contribution in [2.45, 2.75) is 19.4 Å². The minimum atomic E-state index is -1.31. The number of ether oxygens (including phenoxy) is 1. The summed E-state index contributed by atoms with van der Waals surface area (Å²) in [6.07, 6.45) is 0.275. The monoisotopic (exact) mass is 315 g/mol. The average Bonchev–Trinajstić information content (AvgIpc) is 2.46. The van der Waals surface area contributed by atoms with Gasteiger partial charge in [-0.05, 0) is 19.1 Å². The van der Waals surface area contributed by atoms with Crippen molar-refractivity contribution in [1.82, 2.24) is 14.7 Å². The lowest BCUT2D eigenvalue weighted by molar-refractivity contribution is -0.152. The summed E-state index contributed by atoms with van der Waals surface area (Å²) >= 11 is 4.95. The molecular formula is C12H17N3O5S. The van der Waals surface area contributed by atoms with Crippen molar-refractivity contribution in [3.63, 3.8) is 0 Å². The van der Waals surface area contributed by atoms with Gasteiger partial charge in [-0.1, -0.05) is 0 Å². The maximum absolute atomic E-state index is 12.1. The molecule has 9 heteroatoms. The van der Waals surface area contributed by atoms with Crippen LogP contribution >= 0.6 is 12.2 Å². The van der Waals surface area contributed by atoms with Gasteiger partial charge < -0.3 is 9.64 Å². The molecule has 0 aromatic heterocycles. The first-order valence-electron chi connectivity index (χ1n) is 6.30. The zero-order valence-corrected chi connectivity index (χ0v) is 12.9. The van der Waals surface area contributed by atoms with Gasteiger partial charge in [0.05, 0.1) is 13.0 Å². The zero-order chi connectivity index (χ0) is 16.2. The first-order valence-corrected chi connectivity index (χ1v) is 6.71. The smallest absolute Gasteiger partial charge is 0.307 e. The number of hydrogen-bond acceptors (Lipinski definition) is 6. The predicted octanol–water partition coefficient (Wildman–Crippen LogP) is -1.02. The fraction of sp³-hybridized carbons (Fsp3) is 0.583. The van der Waals surface area contributed by atoms with E-state index < -0.39 is 23.8 Å². The molecule has 1 saturated heterocycles. The van der Waals surface area contributed by atoms with E-state index in [1.54, 1.807) is 6.92 Å². The lowest BCUT2D eigenvalue weighted by Crippen LogP contribution is -2.64. The number of likely N-dealkylation sites (N-methyl/N-ethyl adjacent to an activating group) is 2. The van der Waals surface area contributed by atoms with Gasteiger partial charge in [-0.25, -0.2) is 0 Å². The molecule has 1 aliphatic rings. The maximum atomic E-state index is 12.1. The molecule has 8 nitrogen and oxygen atoms in total. The van der Waals surface area contributed by atoms with E-state index in [1.807, 2.05) is 0 Å². The number of thiocarbonyl (C=S) groups is 1. The SMILES string of the molecule is CCOC(=O)CCN(C=O)C1C(=O)N(C)C(=S)N(C)C1=O. The molecule has 0 bridgehead atoms. The molecule has 0 saturated carbocycles. The summed E-state index contributed by atoms with van der Waals surface area (Å²) < 4.78 is 4.74. The van der Waals surface area contributed by atoms with Gasteiger partial charge in [0.15, 0.2) is 11.2 Å². The lowest BCUT2D eigenvalue weighted by Gasteiger charge is -2.38. The number of esters is 1. The minimum Gasteiger partial charge on any atom is -0.466 e. The highest BCUT2D eigenvalue weighted by molar-refractivity contribution is 7.80. The molecule has 0 aliphatic carbocycles. The fourth-order valence-corrected chi connectivity index (χ4v) is 2.05. The van der Waals surface area contributed by atoms with Gasteiger partial charge in [0.1, 0.15) is 0 Å². The largest absolute Gasteiger partial charge is 0.466 e. The summed E-state index contributed by atoms with van der Waals surface area (Å²) in [4.78, 5) is 50.0. The zero-order valence-electron chi connectivity index (χ0n) is 12.1. The van der Waals surface area contributed by atoms with Crippen LogP contribution in [0.1, 0.15) is 13.3 Å². The van der Waals surface area contributed by atoms with Crippen molar-refractivity contribution in [2.24, 2.45) is 0 Å². The van der Waals surface area contributed by atoms with Gasteiger partial charge in [0.2, 0.25) is 6.41 Å². The Balaban J connectivity index is 2.85. The molecule has 0 radical (unpaired) electrons. The molecule has 1 aliphatic heterocycles. The Labute approximate surface area is 127 Å². The van der Waals surface area contributed by atoms with Crippen LogP contribution in [-0.2, 0) is 23.9 Å². The average molecular weight is 315 g/mol. The Morgan fingerprint density at radius 2 is 1.86 bits per heavy atom. The second kappa shape index (κ2) is 7.11. The highest BCUT2D eigenvalue weighted by Gasteiger charge is 2.43. The standard InChI is InChI=1S/C12H17N3O5S/c1-4-20-8(17)5-6-15(7-16)9-10(18)13(2)12(21)14(3)11(9)19/h7,9H,4-6H2,1-3H3. The van der Waals surface area contributed by atoms with Crippen molar-refractivity contribution in [3.8, 4) is 0 Å². The van der Waals surface area contributed by atoms with Gasteiger partial charge in [-0.15, -0.1) is 0 Å². The molecule has 0 unspecified atom stereocenters. The van der Waals surface area contributed by atoms with Crippen LogP contribution in [0, 0.1) is 0 Å². The Kier molecular flexibility index (Phi) is 5.77. The molecular weight excluding hydrogens is 298 g/mol. The van der Waals surface area contributed by atoms with Crippen molar-refractivity contribution in [2.75, 3.05) is 27.2 Å². The van der Waals surface area contributed by atoms with Gasteiger partial charge in [-0.2, -0.15) is 0 Å². The number of nitrogens with zero attached hydrogens (tertiary/aromatic N) is 3. The van der Waals surface area contributed by atoms with Gasteiger partial charge in [-0.3, -0.25) is 29.0 Å². The van der Waals surface area contributed by atoms with Crippen LogP contribution in [0.3, 0.4) is 0 Å². The number of rotatable bonds is 6. The van der Waals surface area contributed by atoms with Crippen LogP contribution in [0.4, 0.5) is 0 Å². The van der Waals surface area contributed by atoms with Crippen LogP contribution in [0.2, 0.25) is 0 Å². The molecule has 0 spiro atoms. The molecule has 0 aromatic carbocycles. The molecule has 0 aromatic rings. The molecule has 21 heavy (non-hydrogen) atoms. The van der Waals surface area contributed by atoms with Crippen molar-refractivity contribution >= 4 is 41.5 Å². The number of carbonyl (C=O) groups excluding carboxylic acids is 4. The third-order valence-corrected chi connectivity index (χ3v) is 3.60. The van der Waals surface area contributed by atoms with Crippen LogP contribution in [0.5, 0.6) is 0 Å². The number of amides is 3. The molecule has 3 amide bonds. The third-order valence-electron chi connectivity index (χ3n) is 3.05. The normalized spacial score (nSPS) is 16.2. The van der Waals surface area contributed by atoms with E-state index in [0.717, 1.165) is 14.7 Å². The van der Waals surface area contributed by atoms with E-state index in [4.69, 9.17) is 17.0 Å². The minimum absolute atomic E-state index is 0.0671. The topological polar surface area (TPSA) is 87.2 Å². The van der Waals surface area contributed by atoms with Crippen LogP contribution in [0.15, 0.2) is 0 Å². The van der Waals surface area contributed by atoms with E-state index >= 15 is 0 Å². The molecule has 1 fully saturated rings. The molecule has 0 atom stereocenters. The first-order chi connectivity index (χ1) is 9.84. The van der Waals surface area contributed by atoms with Crippen molar-refractivity contribution < 1.29 is 23.9 Å². The van der Waals surface area contributed by atoms with Crippen LogP contribution < -0.4 is 0 Å². The van der Waals surface area contributed by atoms with E-state index in [1.165, 1.54) is 14.1 Å². The summed E-state index contributed by atoms with van der Waals surface area (Å²) in [6, 6.07) is -1.31. The summed E-state index contributed by atoms with van der Waals surface area (Å²) in [5.41, 5.74) is 0.